The maximum absolute atomic E-state index is 14.0. The summed E-state index contributed by atoms with van der Waals surface area (Å²) in [5.41, 5.74) is -0.778. The van der Waals surface area contributed by atoms with Gasteiger partial charge < -0.3 is 5.11 Å². The highest BCUT2D eigenvalue weighted by molar-refractivity contribution is 7.98. The molecule has 5 nitrogen and oxygen atoms in total. The number of benzene rings is 1. The van der Waals surface area contributed by atoms with Crippen LogP contribution in [0.1, 0.15) is 23.7 Å². The van der Waals surface area contributed by atoms with Gasteiger partial charge in [-0.2, -0.15) is 11.8 Å². The summed E-state index contributed by atoms with van der Waals surface area (Å²) in [6.45, 7) is 1.65. The Kier molecular flexibility index (Phi) is 6.45. The fraction of sp³-hybridized carbons (Fsp3) is 0.417. The average Bonchev–Trinajstić information content (AvgIpc) is 2.37. The average molecular weight is 356 g/mol. The second kappa shape index (κ2) is 7.44. The maximum atomic E-state index is 14.0. The highest BCUT2D eigenvalue weighted by Crippen LogP contribution is 2.24. The number of nitrogens with one attached hydrogen (secondary N) is 1. The minimum atomic E-state index is -4.18. The third-order valence-corrected chi connectivity index (χ3v) is 5.09. The van der Waals surface area contributed by atoms with Crippen LogP contribution in [-0.4, -0.2) is 37.5 Å². The number of carboxylic acids is 1. The zero-order valence-corrected chi connectivity index (χ0v) is 13.8. The molecule has 9 heteroatoms. The van der Waals surface area contributed by atoms with Crippen LogP contribution in [0.5, 0.6) is 0 Å². The molecular weight excluding hydrogens is 341 g/mol. The van der Waals surface area contributed by atoms with E-state index in [4.69, 9.17) is 16.7 Å². The van der Waals surface area contributed by atoms with Crippen LogP contribution in [0.15, 0.2) is 17.0 Å². The molecular formula is C12H15ClFNO4S2. The largest absolute Gasteiger partial charge is 0.478 e. The number of thioether (sulfide) groups is 1. The van der Waals surface area contributed by atoms with E-state index >= 15 is 0 Å². The quantitative estimate of drug-likeness (QED) is 0.785. The number of rotatable bonds is 7. The summed E-state index contributed by atoms with van der Waals surface area (Å²) >= 11 is 7.22. The lowest BCUT2D eigenvalue weighted by Crippen LogP contribution is -2.33. The van der Waals surface area contributed by atoms with Crippen LogP contribution in [0.3, 0.4) is 0 Å². The highest BCUT2D eigenvalue weighted by Gasteiger charge is 2.26. The molecule has 0 spiro atoms. The second-order valence-corrected chi connectivity index (χ2v) is 7.48. The van der Waals surface area contributed by atoms with E-state index in [9.17, 15) is 17.6 Å². The van der Waals surface area contributed by atoms with Crippen molar-refractivity contribution in [2.45, 2.75) is 24.3 Å². The Hall–Kier alpha value is -0.830. The molecule has 1 aromatic rings. The number of aromatic carboxylic acids is 1. The summed E-state index contributed by atoms with van der Waals surface area (Å²) in [5.74, 6) is -2.17. The Morgan fingerprint density at radius 2 is 2.14 bits per heavy atom. The van der Waals surface area contributed by atoms with Gasteiger partial charge >= 0.3 is 5.97 Å². The molecule has 0 aliphatic heterocycles. The number of carboxylic acid groups (broad SMARTS) is 1. The minimum Gasteiger partial charge on any atom is -0.478 e. The summed E-state index contributed by atoms with van der Waals surface area (Å²) in [7, 11) is -4.18. The molecule has 0 bridgehead atoms. The Balaban J connectivity index is 3.17. The van der Waals surface area contributed by atoms with Crippen LogP contribution in [0.25, 0.3) is 0 Å². The molecule has 0 amide bonds. The van der Waals surface area contributed by atoms with Crippen LogP contribution in [0.2, 0.25) is 5.02 Å². The molecule has 1 rings (SSSR count). The fourth-order valence-electron chi connectivity index (χ4n) is 1.60. The van der Waals surface area contributed by atoms with Crippen molar-refractivity contribution >= 4 is 39.4 Å². The Bertz CT molecular complexity index is 636. The Morgan fingerprint density at radius 3 is 2.67 bits per heavy atom. The van der Waals surface area contributed by atoms with Crippen LogP contribution in [0.4, 0.5) is 4.39 Å². The normalized spacial score (nSPS) is 13.1. The van der Waals surface area contributed by atoms with E-state index in [0.29, 0.717) is 6.42 Å². The Labute approximate surface area is 131 Å². The van der Waals surface area contributed by atoms with E-state index in [0.717, 1.165) is 17.9 Å². The maximum Gasteiger partial charge on any atom is 0.338 e. The first-order valence-electron chi connectivity index (χ1n) is 5.92. The van der Waals surface area contributed by atoms with Gasteiger partial charge in [0, 0.05) is 11.1 Å². The summed E-state index contributed by atoms with van der Waals surface area (Å²) in [5, 5.41) is 8.70. The van der Waals surface area contributed by atoms with Gasteiger partial charge in [0.05, 0.1) is 5.56 Å². The molecule has 0 aromatic heterocycles. The third kappa shape index (κ3) is 4.84. The van der Waals surface area contributed by atoms with Crippen molar-refractivity contribution in [3.05, 3.63) is 28.5 Å². The topological polar surface area (TPSA) is 83.5 Å². The number of sulfonamides is 1. The van der Waals surface area contributed by atoms with Gasteiger partial charge in [-0.25, -0.2) is 22.3 Å². The summed E-state index contributed by atoms with van der Waals surface area (Å²) in [6, 6.07) is 1.36. The molecule has 2 N–H and O–H groups in total. The molecule has 1 atom stereocenters. The van der Waals surface area contributed by atoms with Crippen molar-refractivity contribution in [1.82, 2.24) is 4.72 Å². The van der Waals surface area contributed by atoms with Crippen LogP contribution < -0.4 is 4.72 Å². The van der Waals surface area contributed by atoms with E-state index in [2.05, 4.69) is 4.72 Å². The third-order valence-electron chi connectivity index (χ3n) is 2.64. The molecule has 118 valence electrons. The molecule has 1 aromatic carbocycles. The van der Waals surface area contributed by atoms with E-state index < -0.39 is 38.3 Å². The van der Waals surface area contributed by atoms with Crippen molar-refractivity contribution in [1.29, 1.82) is 0 Å². The van der Waals surface area contributed by atoms with Gasteiger partial charge in [0.25, 0.3) is 0 Å². The molecule has 21 heavy (non-hydrogen) atoms. The zero-order valence-electron chi connectivity index (χ0n) is 11.4. The number of halogens is 2. The second-order valence-electron chi connectivity index (χ2n) is 4.37. The molecule has 0 heterocycles. The van der Waals surface area contributed by atoms with Crippen molar-refractivity contribution in [3.8, 4) is 0 Å². The first kappa shape index (κ1) is 18.2. The van der Waals surface area contributed by atoms with Crippen LogP contribution in [-0.2, 0) is 10.0 Å². The predicted octanol–water partition coefficient (Wildman–Crippen LogP) is 2.60. The van der Waals surface area contributed by atoms with Gasteiger partial charge in [0.1, 0.15) is 4.90 Å². The lowest BCUT2D eigenvalue weighted by atomic mass is 10.2. The lowest BCUT2D eigenvalue weighted by Gasteiger charge is -2.15. The number of carbonyl (C=O) groups is 1. The molecule has 0 aliphatic rings. The van der Waals surface area contributed by atoms with Crippen molar-refractivity contribution in [3.63, 3.8) is 0 Å². The molecule has 1 unspecified atom stereocenters. The number of hydrogen-bond donors (Lipinski definition) is 2. The van der Waals surface area contributed by atoms with Crippen molar-refractivity contribution < 1.29 is 22.7 Å². The molecule has 0 saturated heterocycles. The van der Waals surface area contributed by atoms with E-state index in [1.54, 1.807) is 18.7 Å². The van der Waals surface area contributed by atoms with Gasteiger partial charge in [-0.15, -0.1) is 0 Å². The monoisotopic (exact) mass is 355 g/mol. The standard InChI is InChI=1S/C12H15ClFNO4S2/c1-7(3-4-20-2)15-21(18,19)10-6-8(13)5-9(11(10)14)12(16)17/h5-7,15H,3-4H2,1-2H3,(H,16,17). The zero-order chi connectivity index (χ0) is 16.2. The molecule has 0 fully saturated rings. The van der Waals surface area contributed by atoms with E-state index in [-0.39, 0.29) is 5.02 Å². The van der Waals surface area contributed by atoms with E-state index in [1.807, 2.05) is 6.26 Å². The van der Waals surface area contributed by atoms with Gasteiger partial charge in [0.15, 0.2) is 5.82 Å². The SMILES string of the molecule is CSCCC(C)NS(=O)(=O)c1cc(Cl)cc(C(=O)O)c1F. The van der Waals surface area contributed by atoms with Gasteiger partial charge in [-0.1, -0.05) is 11.6 Å². The smallest absolute Gasteiger partial charge is 0.338 e. The summed E-state index contributed by atoms with van der Waals surface area (Å²) in [4.78, 5) is 10.1. The summed E-state index contributed by atoms with van der Waals surface area (Å²) < 4.78 is 40.6. The predicted molar refractivity (Wildman–Crippen MR) is 81.2 cm³/mol. The van der Waals surface area contributed by atoms with Crippen molar-refractivity contribution in [2.75, 3.05) is 12.0 Å². The first-order chi connectivity index (χ1) is 9.69. The van der Waals surface area contributed by atoms with E-state index in [1.165, 1.54) is 0 Å². The van der Waals surface area contributed by atoms with Gasteiger partial charge in [0.2, 0.25) is 10.0 Å². The van der Waals surface area contributed by atoms with Crippen LogP contribution in [0, 0.1) is 5.82 Å². The van der Waals surface area contributed by atoms with Gasteiger partial charge in [-0.05, 0) is 37.5 Å². The molecule has 0 aliphatic carbocycles. The Morgan fingerprint density at radius 1 is 1.52 bits per heavy atom. The van der Waals surface area contributed by atoms with Crippen LogP contribution >= 0.6 is 23.4 Å². The lowest BCUT2D eigenvalue weighted by molar-refractivity contribution is 0.0691. The minimum absolute atomic E-state index is 0.161. The highest BCUT2D eigenvalue weighted by atomic mass is 35.5. The number of hydrogen-bond acceptors (Lipinski definition) is 4. The van der Waals surface area contributed by atoms with Crippen molar-refractivity contribution in [2.24, 2.45) is 0 Å². The molecule has 0 saturated carbocycles. The summed E-state index contributed by atoms with van der Waals surface area (Å²) in [6.07, 6.45) is 2.45. The fourth-order valence-corrected chi connectivity index (χ4v) is 3.87. The van der Waals surface area contributed by atoms with Gasteiger partial charge in [-0.3, -0.25) is 0 Å². The molecule has 0 radical (unpaired) electrons. The first-order valence-corrected chi connectivity index (χ1v) is 9.18.